The molecule has 2 aliphatic carbocycles. The number of aliphatic carboxylic acids is 2. The molecule has 0 aromatic carbocycles. The van der Waals surface area contributed by atoms with Crippen LogP contribution in [0.2, 0.25) is 0 Å². The zero-order valence-electron chi connectivity index (χ0n) is 16.1. The van der Waals surface area contributed by atoms with Gasteiger partial charge in [0.2, 0.25) is 0 Å². The van der Waals surface area contributed by atoms with Gasteiger partial charge in [-0.05, 0) is 63.2 Å². The van der Waals surface area contributed by atoms with Gasteiger partial charge in [-0.25, -0.2) is 0 Å². The maximum Gasteiger partial charge on any atom is 0.310 e. The Morgan fingerprint density at radius 2 is 1.16 bits per heavy atom. The predicted molar refractivity (Wildman–Crippen MR) is 98.5 cm³/mol. The van der Waals surface area contributed by atoms with Gasteiger partial charge < -0.3 is 10.2 Å². The zero-order chi connectivity index (χ0) is 18.5. The number of carbonyl (C=O) groups is 2. The standard InChI is InChI=1S/C21H36O4/c1-3-5-7-17-10-14-21(15-11-17,19(24)25)20(18(22)23)12-8-16(6-4-2)9-13-20/h16-17H,3-15H2,1-2H3,(H,22,23)(H,24,25). The highest BCUT2D eigenvalue weighted by atomic mass is 16.4. The molecular weight excluding hydrogens is 316 g/mol. The van der Waals surface area contributed by atoms with Crippen LogP contribution in [0, 0.1) is 22.7 Å². The van der Waals surface area contributed by atoms with Gasteiger partial charge in [0, 0.05) is 0 Å². The lowest BCUT2D eigenvalue weighted by Gasteiger charge is -2.51. The fourth-order valence-corrected chi connectivity index (χ4v) is 5.61. The van der Waals surface area contributed by atoms with Crippen LogP contribution in [-0.4, -0.2) is 22.2 Å². The van der Waals surface area contributed by atoms with Crippen LogP contribution in [0.4, 0.5) is 0 Å². The summed E-state index contributed by atoms with van der Waals surface area (Å²) in [5, 5.41) is 20.2. The Balaban J connectivity index is 2.19. The first-order valence-corrected chi connectivity index (χ1v) is 10.4. The average molecular weight is 353 g/mol. The van der Waals surface area contributed by atoms with Crippen LogP contribution in [0.15, 0.2) is 0 Å². The van der Waals surface area contributed by atoms with E-state index in [-0.39, 0.29) is 0 Å². The van der Waals surface area contributed by atoms with Crippen LogP contribution in [0.25, 0.3) is 0 Å². The monoisotopic (exact) mass is 352 g/mol. The molecule has 0 bridgehead atoms. The molecule has 0 heterocycles. The summed E-state index contributed by atoms with van der Waals surface area (Å²) >= 11 is 0. The molecule has 0 spiro atoms. The normalized spacial score (nSPS) is 36.1. The molecule has 2 saturated carbocycles. The molecule has 0 amide bonds. The van der Waals surface area contributed by atoms with Crippen molar-refractivity contribution in [3.05, 3.63) is 0 Å². The molecule has 0 radical (unpaired) electrons. The summed E-state index contributed by atoms with van der Waals surface area (Å²) in [6.45, 7) is 4.34. The Morgan fingerprint density at radius 1 is 0.760 bits per heavy atom. The van der Waals surface area contributed by atoms with Crippen molar-refractivity contribution >= 4 is 11.9 Å². The Morgan fingerprint density at radius 3 is 1.48 bits per heavy atom. The van der Waals surface area contributed by atoms with E-state index < -0.39 is 22.8 Å². The second kappa shape index (κ2) is 8.55. The Labute approximate surface area is 152 Å². The average Bonchev–Trinajstić information content (AvgIpc) is 2.61. The second-order valence-electron chi connectivity index (χ2n) is 8.59. The third-order valence-corrected chi connectivity index (χ3v) is 7.32. The lowest BCUT2D eigenvalue weighted by molar-refractivity contribution is -0.184. The number of hydrogen-bond donors (Lipinski definition) is 2. The van der Waals surface area contributed by atoms with E-state index in [0.29, 0.717) is 37.5 Å². The fraction of sp³-hybridized carbons (Fsp3) is 0.905. The lowest BCUT2D eigenvalue weighted by Crippen LogP contribution is -2.55. The minimum atomic E-state index is -1.06. The molecule has 0 unspecified atom stereocenters. The molecule has 2 fully saturated rings. The van der Waals surface area contributed by atoms with Gasteiger partial charge in [-0.3, -0.25) is 9.59 Å². The summed E-state index contributed by atoms with van der Waals surface area (Å²) < 4.78 is 0. The van der Waals surface area contributed by atoms with E-state index in [4.69, 9.17) is 0 Å². The molecule has 4 heteroatoms. The van der Waals surface area contributed by atoms with Crippen LogP contribution in [0.5, 0.6) is 0 Å². The van der Waals surface area contributed by atoms with Gasteiger partial charge in [-0.2, -0.15) is 0 Å². The second-order valence-corrected chi connectivity index (χ2v) is 8.59. The first kappa shape index (κ1) is 20.3. The molecule has 2 rings (SSSR count). The SMILES string of the molecule is CCCCC1CCC(C(=O)O)(C2(C(=O)O)CCC(CCC)CC2)CC1. The maximum absolute atomic E-state index is 12.3. The highest BCUT2D eigenvalue weighted by Gasteiger charge is 2.62. The zero-order valence-corrected chi connectivity index (χ0v) is 16.1. The lowest BCUT2D eigenvalue weighted by atomic mass is 9.50. The van der Waals surface area contributed by atoms with E-state index in [1.807, 2.05) is 0 Å². The quantitative estimate of drug-likeness (QED) is 0.605. The first-order chi connectivity index (χ1) is 11.9. The van der Waals surface area contributed by atoms with Gasteiger partial charge in [0.05, 0.1) is 10.8 Å². The molecule has 0 saturated heterocycles. The van der Waals surface area contributed by atoms with E-state index >= 15 is 0 Å². The number of carboxylic acid groups (broad SMARTS) is 2. The van der Waals surface area contributed by atoms with E-state index in [1.54, 1.807) is 0 Å². The molecule has 25 heavy (non-hydrogen) atoms. The molecule has 2 N–H and O–H groups in total. The van der Waals surface area contributed by atoms with Crippen LogP contribution in [0.3, 0.4) is 0 Å². The van der Waals surface area contributed by atoms with Crippen molar-refractivity contribution in [2.24, 2.45) is 22.7 Å². The van der Waals surface area contributed by atoms with Gasteiger partial charge in [0.1, 0.15) is 0 Å². The first-order valence-electron chi connectivity index (χ1n) is 10.4. The maximum atomic E-state index is 12.3. The highest BCUT2D eigenvalue weighted by Crippen LogP contribution is 2.59. The Bertz CT molecular complexity index is 455. The topological polar surface area (TPSA) is 74.6 Å². The summed E-state index contributed by atoms with van der Waals surface area (Å²) in [7, 11) is 0. The van der Waals surface area contributed by atoms with Crippen LogP contribution < -0.4 is 0 Å². The molecule has 0 aromatic heterocycles. The Hall–Kier alpha value is -1.06. The third-order valence-electron chi connectivity index (χ3n) is 7.32. The highest BCUT2D eigenvalue weighted by molar-refractivity contribution is 5.87. The third kappa shape index (κ3) is 3.88. The van der Waals surface area contributed by atoms with Crippen LogP contribution in [0.1, 0.15) is 97.3 Å². The van der Waals surface area contributed by atoms with Crippen molar-refractivity contribution in [1.82, 2.24) is 0 Å². The smallest absolute Gasteiger partial charge is 0.310 e. The number of carboxylic acids is 2. The molecule has 0 aliphatic heterocycles. The van der Waals surface area contributed by atoms with E-state index in [2.05, 4.69) is 13.8 Å². The summed E-state index contributed by atoms with van der Waals surface area (Å²) in [4.78, 5) is 24.7. The van der Waals surface area contributed by atoms with Crippen LogP contribution in [-0.2, 0) is 9.59 Å². The minimum absolute atomic E-state index is 0.541. The summed E-state index contributed by atoms with van der Waals surface area (Å²) in [5.41, 5.74) is -2.11. The van der Waals surface area contributed by atoms with E-state index in [1.165, 1.54) is 12.8 Å². The van der Waals surface area contributed by atoms with Crippen molar-refractivity contribution in [1.29, 1.82) is 0 Å². The molecular formula is C21H36O4. The molecule has 2 aliphatic rings. The molecule has 144 valence electrons. The van der Waals surface area contributed by atoms with Gasteiger partial charge in [0.25, 0.3) is 0 Å². The fourth-order valence-electron chi connectivity index (χ4n) is 5.61. The Kier molecular flexibility index (Phi) is 6.93. The molecule has 0 atom stereocenters. The number of hydrogen-bond acceptors (Lipinski definition) is 2. The van der Waals surface area contributed by atoms with Gasteiger partial charge in [-0.15, -0.1) is 0 Å². The summed E-state index contributed by atoms with van der Waals surface area (Å²) in [6, 6.07) is 0. The summed E-state index contributed by atoms with van der Waals surface area (Å²) in [6.07, 6.45) is 11.4. The molecule has 4 nitrogen and oxygen atoms in total. The minimum Gasteiger partial charge on any atom is -0.481 e. The van der Waals surface area contributed by atoms with E-state index in [9.17, 15) is 19.8 Å². The number of rotatable bonds is 8. The van der Waals surface area contributed by atoms with Crippen LogP contribution >= 0.6 is 0 Å². The van der Waals surface area contributed by atoms with Gasteiger partial charge in [0.15, 0.2) is 0 Å². The van der Waals surface area contributed by atoms with Gasteiger partial charge in [-0.1, -0.05) is 46.0 Å². The largest absolute Gasteiger partial charge is 0.481 e. The predicted octanol–water partition coefficient (Wildman–Crippen LogP) is 5.50. The van der Waals surface area contributed by atoms with Crippen molar-refractivity contribution in [3.8, 4) is 0 Å². The van der Waals surface area contributed by atoms with E-state index in [0.717, 1.165) is 44.9 Å². The van der Waals surface area contributed by atoms with Crippen molar-refractivity contribution in [3.63, 3.8) is 0 Å². The summed E-state index contributed by atoms with van der Waals surface area (Å²) in [5.74, 6) is -0.575. The molecule has 0 aromatic rings. The van der Waals surface area contributed by atoms with Crippen molar-refractivity contribution < 1.29 is 19.8 Å². The van der Waals surface area contributed by atoms with Crippen molar-refractivity contribution in [2.75, 3.05) is 0 Å². The van der Waals surface area contributed by atoms with Gasteiger partial charge >= 0.3 is 11.9 Å². The number of unbranched alkanes of at least 4 members (excludes halogenated alkanes) is 1. The van der Waals surface area contributed by atoms with Crippen molar-refractivity contribution in [2.45, 2.75) is 97.3 Å².